The molecule has 0 amide bonds. The normalized spacial score (nSPS) is 40.3. The van der Waals surface area contributed by atoms with Gasteiger partial charge in [-0.25, -0.2) is 4.79 Å². The first-order valence-electron chi connectivity index (χ1n) is 9.82. The van der Waals surface area contributed by atoms with Crippen molar-refractivity contribution in [3.8, 4) is 0 Å². The quantitative estimate of drug-likeness (QED) is 0.575. The third kappa shape index (κ3) is 2.42. The predicted molar refractivity (Wildman–Crippen MR) is 93.4 cm³/mol. The summed E-state index contributed by atoms with van der Waals surface area (Å²) in [7, 11) is 1.41. The number of rotatable bonds is 6. The molecule has 3 fully saturated rings. The van der Waals surface area contributed by atoms with Crippen LogP contribution in [0.1, 0.15) is 58.8 Å². The van der Waals surface area contributed by atoms with Gasteiger partial charge < -0.3 is 24.1 Å². The SMILES string of the molecule is COC(=O)C1=C(CCCOC2CCCCO2)[C@H]2O[C@]1(C)C1(CC1)C2(C)O. The zero-order valence-electron chi connectivity index (χ0n) is 16.0. The maximum Gasteiger partial charge on any atom is 0.336 e. The van der Waals surface area contributed by atoms with E-state index in [4.69, 9.17) is 18.9 Å². The van der Waals surface area contributed by atoms with Crippen molar-refractivity contribution >= 4 is 5.97 Å². The van der Waals surface area contributed by atoms with Gasteiger partial charge in [-0.2, -0.15) is 0 Å². The Morgan fingerprint density at radius 2 is 2.08 bits per heavy atom. The van der Waals surface area contributed by atoms with E-state index in [-0.39, 0.29) is 17.7 Å². The van der Waals surface area contributed by atoms with Crippen LogP contribution >= 0.6 is 0 Å². The number of esters is 1. The minimum Gasteiger partial charge on any atom is -0.466 e. The molecule has 6 heteroatoms. The molecule has 2 saturated heterocycles. The van der Waals surface area contributed by atoms with Crippen molar-refractivity contribution in [1.29, 1.82) is 0 Å². The molecule has 0 radical (unpaired) electrons. The first-order chi connectivity index (χ1) is 12.4. The molecule has 3 heterocycles. The van der Waals surface area contributed by atoms with E-state index in [1.165, 1.54) is 7.11 Å². The van der Waals surface area contributed by atoms with E-state index < -0.39 is 17.3 Å². The second-order valence-electron chi connectivity index (χ2n) is 8.42. The Bertz CT molecular complexity index is 614. The van der Waals surface area contributed by atoms with Gasteiger partial charge >= 0.3 is 5.97 Å². The summed E-state index contributed by atoms with van der Waals surface area (Å²) >= 11 is 0. The van der Waals surface area contributed by atoms with Crippen LogP contribution in [-0.4, -0.2) is 55.0 Å². The lowest BCUT2D eigenvalue weighted by atomic mass is 9.64. The largest absolute Gasteiger partial charge is 0.466 e. The molecular formula is C20H30O6. The van der Waals surface area contributed by atoms with Crippen molar-refractivity contribution in [3.63, 3.8) is 0 Å². The summed E-state index contributed by atoms with van der Waals surface area (Å²) in [6.07, 6.45) is 5.81. The van der Waals surface area contributed by atoms with Gasteiger partial charge in [-0.1, -0.05) is 0 Å². The second-order valence-corrected chi connectivity index (χ2v) is 8.42. The first-order valence-corrected chi connectivity index (χ1v) is 9.82. The number of hydrogen-bond donors (Lipinski definition) is 1. The summed E-state index contributed by atoms with van der Waals surface area (Å²) in [5.41, 5.74) is -0.541. The highest BCUT2D eigenvalue weighted by Crippen LogP contribution is 2.74. The molecule has 2 bridgehead atoms. The standard InChI is InChI=1S/C20H30O6/c1-18(22)16-13(7-6-12-25-14-8-4-5-11-24-14)15(17(21)23-3)19(2,26-16)20(18)9-10-20/h14,16,22H,4-12H2,1-3H3/t14?,16-,18?,19+/m1/s1. The molecular weight excluding hydrogens is 336 g/mol. The zero-order valence-corrected chi connectivity index (χ0v) is 16.0. The monoisotopic (exact) mass is 366 g/mol. The molecule has 2 unspecified atom stereocenters. The Morgan fingerprint density at radius 1 is 1.31 bits per heavy atom. The number of ether oxygens (including phenoxy) is 4. The van der Waals surface area contributed by atoms with Crippen LogP contribution in [0.3, 0.4) is 0 Å². The van der Waals surface area contributed by atoms with Gasteiger partial charge in [-0.05, 0) is 64.4 Å². The molecule has 3 aliphatic heterocycles. The average Bonchev–Trinajstić information content (AvgIpc) is 3.37. The van der Waals surface area contributed by atoms with E-state index in [1.54, 1.807) is 0 Å². The summed E-state index contributed by atoms with van der Waals surface area (Å²) in [4.78, 5) is 12.5. The molecule has 4 rings (SSSR count). The van der Waals surface area contributed by atoms with E-state index in [0.29, 0.717) is 18.6 Å². The lowest BCUT2D eigenvalue weighted by Gasteiger charge is -2.40. The van der Waals surface area contributed by atoms with Gasteiger partial charge in [-0.3, -0.25) is 0 Å². The summed E-state index contributed by atoms with van der Waals surface area (Å²) < 4.78 is 22.7. The molecule has 0 aromatic carbocycles. The summed E-state index contributed by atoms with van der Waals surface area (Å²) in [6.45, 7) is 5.14. The Labute approximate surface area is 154 Å². The second kappa shape index (κ2) is 6.30. The molecule has 26 heavy (non-hydrogen) atoms. The van der Waals surface area contributed by atoms with Crippen LogP contribution in [-0.2, 0) is 23.7 Å². The molecule has 1 aliphatic carbocycles. The number of carbonyl (C=O) groups excluding carboxylic acids is 1. The highest BCUT2D eigenvalue weighted by atomic mass is 16.7. The number of hydrogen-bond acceptors (Lipinski definition) is 6. The van der Waals surface area contributed by atoms with E-state index in [1.807, 2.05) is 13.8 Å². The van der Waals surface area contributed by atoms with Crippen LogP contribution in [0.4, 0.5) is 0 Å². The molecule has 1 N–H and O–H groups in total. The maximum absolute atomic E-state index is 12.5. The van der Waals surface area contributed by atoms with Crippen LogP contribution in [0.5, 0.6) is 0 Å². The van der Waals surface area contributed by atoms with Crippen molar-refractivity contribution in [2.75, 3.05) is 20.3 Å². The third-order valence-corrected chi connectivity index (χ3v) is 7.03. The highest BCUT2D eigenvalue weighted by Gasteiger charge is 2.80. The van der Waals surface area contributed by atoms with E-state index in [9.17, 15) is 9.90 Å². The van der Waals surface area contributed by atoms with E-state index in [0.717, 1.165) is 50.7 Å². The van der Waals surface area contributed by atoms with Crippen LogP contribution in [0.15, 0.2) is 11.1 Å². The van der Waals surface area contributed by atoms with E-state index in [2.05, 4.69) is 0 Å². The number of methoxy groups -OCH3 is 1. The van der Waals surface area contributed by atoms with Gasteiger partial charge in [0.15, 0.2) is 6.29 Å². The Kier molecular flexibility index (Phi) is 4.46. The fourth-order valence-electron chi connectivity index (χ4n) is 5.46. The third-order valence-electron chi connectivity index (χ3n) is 7.03. The van der Waals surface area contributed by atoms with Crippen molar-refractivity contribution in [2.24, 2.45) is 5.41 Å². The van der Waals surface area contributed by atoms with Gasteiger partial charge in [0, 0.05) is 12.0 Å². The number of fused-ring (bicyclic) bond motifs is 3. The van der Waals surface area contributed by atoms with Crippen molar-refractivity contribution in [3.05, 3.63) is 11.1 Å². The lowest BCUT2D eigenvalue weighted by Crippen LogP contribution is -2.52. The summed E-state index contributed by atoms with van der Waals surface area (Å²) in [5, 5.41) is 11.2. The molecule has 6 nitrogen and oxygen atoms in total. The fraction of sp³-hybridized carbons (Fsp3) is 0.850. The smallest absolute Gasteiger partial charge is 0.336 e. The van der Waals surface area contributed by atoms with Crippen molar-refractivity contribution in [1.82, 2.24) is 0 Å². The zero-order chi connectivity index (χ0) is 18.6. The minimum absolute atomic E-state index is 0.107. The molecule has 0 aromatic heterocycles. The molecule has 0 aromatic rings. The highest BCUT2D eigenvalue weighted by molar-refractivity contribution is 5.94. The topological polar surface area (TPSA) is 74.2 Å². The van der Waals surface area contributed by atoms with Crippen molar-refractivity contribution in [2.45, 2.75) is 82.4 Å². The van der Waals surface area contributed by atoms with Crippen LogP contribution in [0, 0.1) is 5.41 Å². The van der Waals surface area contributed by atoms with Gasteiger partial charge in [0.2, 0.25) is 0 Å². The van der Waals surface area contributed by atoms with E-state index >= 15 is 0 Å². The van der Waals surface area contributed by atoms with Crippen molar-refractivity contribution < 1.29 is 28.8 Å². The summed E-state index contributed by atoms with van der Waals surface area (Å²) in [6, 6.07) is 0. The maximum atomic E-state index is 12.5. The number of aliphatic hydroxyl groups is 1. The van der Waals surface area contributed by atoms with Crippen LogP contribution in [0.25, 0.3) is 0 Å². The lowest BCUT2D eigenvalue weighted by molar-refractivity contribution is -0.162. The predicted octanol–water partition coefficient (Wildman–Crippen LogP) is 2.48. The minimum atomic E-state index is -0.943. The molecule has 1 spiro atoms. The molecule has 4 atom stereocenters. The Balaban J connectivity index is 1.48. The number of carbonyl (C=O) groups is 1. The molecule has 1 saturated carbocycles. The van der Waals surface area contributed by atoms with Gasteiger partial charge in [0.05, 0.1) is 19.3 Å². The molecule has 4 aliphatic rings. The van der Waals surface area contributed by atoms with Gasteiger partial charge in [-0.15, -0.1) is 0 Å². The molecule has 146 valence electrons. The first kappa shape index (κ1) is 18.4. The fourth-order valence-corrected chi connectivity index (χ4v) is 5.46. The average molecular weight is 366 g/mol. The van der Waals surface area contributed by atoms with Gasteiger partial charge in [0.25, 0.3) is 0 Å². The van der Waals surface area contributed by atoms with Gasteiger partial charge in [0.1, 0.15) is 17.3 Å². The Morgan fingerprint density at radius 3 is 2.69 bits per heavy atom. The van der Waals surface area contributed by atoms with Crippen LogP contribution < -0.4 is 0 Å². The Hall–Kier alpha value is -0.950. The van der Waals surface area contributed by atoms with Crippen LogP contribution in [0.2, 0.25) is 0 Å². The summed E-state index contributed by atoms with van der Waals surface area (Å²) in [5.74, 6) is -0.330.